The number of unbranched alkanes of at least 4 members (excludes halogenated alkanes) is 1. The second kappa shape index (κ2) is 6.97. The minimum Gasteiger partial charge on any atom is -0.368 e. The first-order valence-corrected chi connectivity index (χ1v) is 9.23. The highest BCUT2D eigenvalue weighted by molar-refractivity contribution is 7.07. The molecule has 0 amide bonds. The first kappa shape index (κ1) is 16.4. The Labute approximate surface area is 136 Å². The molecule has 0 aliphatic carbocycles. The van der Waals surface area contributed by atoms with Gasteiger partial charge in [0, 0.05) is 0 Å². The maximum absolute atomic E-state index is 6.19. The van der Waals surface area contributed by atoms with Crippen LogP contribution < -0.4 is 0 Å². The van der Waals surface area contributed by atoms with Gasteiger partial charge in [-0.05, 0) is 42.2 Å². The van der Waals surface area contributed by atoms with Crippen LogP contribution in [0.25, 0.3) is 0 Å². The molecule has 2 saturated heterocycles. The van der Waals surface area contributed by atoms with Gasteiger partial charge in [-0.3, -0.25) is 0 Å². The van der Waals surface area contributed by atoms with E-state index in [1.54, 1.807) is 11.3 Å². The zero-order valence-electron chi connectivity index (χ0n) is 13.6. The Morgan fingerprint density at radius 1 is 1.32 bits per heavy atom. The van der Waals surface area contributed by atoms with Gasteiger partial charge in [-0.1, -0.05) is 26.7 Å². The molecule has 0 spiro atoms. The van der Waals surface area contributed by atoms with Gasteiger partial charge >= 0.3 is 0 Å². The molecule has 1 unspecified atom stereocenters. The van der Waals surface area contributed by atoms with Gasteiger partial charge in [-0.15, -0.1) is 0 Å². The predicted molar refractivity (Wildman–Crippen MR) is 85.7 cm³/mol. The molecule has 0 bridgehead atoms. The monoisotopic (exact) mass is 326 g/mol. The normalized spacial score (nSPS) is 37.6. The summed E-state index contributed by atoms with van der Waals surface area (Å²) in [4.78, 5) is 0. The average Bonchev–Trinajstić information content (AvgIpc) is 3.19. The Hall–Kier alpha value is -0.460. The van der Waals surface area contributed by atoms with E-state index in [1.165, 1.54) is 5.56 Å². The van der Waals surface area contributed by atoms with E-state index in [0.717, 1.165) is 25.7 Å². The molecule has 5 heteroatoms. The first-order chi connectivity index (χ1) is 10.6. The van der Waals surface area contributed by atoms with Crippen molar-refractivity contribution in [3.63, 3.8) is 0 Å². The highest BCUT2D eigenvalue weighted by atomic mass is 32.1. The van der Waals surface area contributed by atoms with Crippen molar-refractivity contribution in [2.75, 3.05) is 0 Å². The fourth-order valence-corrected chi connectivity index (χ4v) is 3.70. The average molecular weight is 326 g/mol. The van der Waals surface area contributed by atoms with Crippen LogP contribution in [0.15, 0.2) is 16.8 Å². The van der Waals surface area contributed by atoms with Gasteiger partial charge in [0.1, 0.15) is 12.2 Å². The van der Waals surface area contributed by atoms with E-state index in [2.05, 4.69) is 30.7 Å². The van der Waals surface area contributed by atoms with Gasteiger partial charge in [0.2, 0.25) is 0 Å². The largest absolute Gasteiger partial charge is 0.368 e. The zero-order valence-corrected chi connectivity index (χ0v) is 14.4. The van der Waals surface area contributed by atoms with E-state index < -0.39 is 5.79 Å². The summed E-state index contributed by atoms with van der Waals surface area (Å²) in [5.41, 5.74) is 1.21. The summed E-state index contributed by atoms with van der Waals surface area (Å²) >= 11 is 1.69. The Morgan fingerprint density at radius 3 is 2.86 bits per heavy atom. The number of rotatable bonds is 7. The molecule has 0 N–H and O–H groups in total. The SMILES string of the molecule is CCCC[C@H]1O[C@@H]2OC(C)(CC)O[C@@H]2[C@H]1OCc1ccsc1. The lowest BCUT2D eigenvalue weighted by molar-refractivity contribution is -0.229. The number of hydrogen-bond donors (Lipinski definition) is 0. The highest BCUT2D eigenvalue weighted by Crippen LogP contribution is 2.41. The smallest absolute Gasteiger partial charge is 0.190 e. The number of thiophene rings is 1. The Balaban J connectivity index is 1.66. The molecule has 1 aromatic rings. The summed E-state index contributed by atoms with van der Waals surface area (Å²) in [6, 6.07) is 2.10. The van der Waals surface area contributed by atoms with Gasteiger partial charge in [0.15, 0.2) is 12.1 Å². The molecule has 0 saturated carbocycles. The first-order valence-electron chi connectivity index (χ1n) is 8.29. The van der Waals surface area contributed by atoms with Crippen LogP contribution in [0.4, 0.5) is 0 Å². The summed E-state index contributed by atoms with van der Waals surface area (Å²) in [5.74, 6) is -0.547. The summed E-state index contributed by atoms with van der Waals surface area (Å²) in [5, 5.41) is 4.20. The lowest BCUT2D eigenvalue weighted by atomic mass is 10.0. The molecular formula is C17H26O4S. The van der Waals surface area contributed by atoms with Crippen LogP contribution in [0, 0.1) is 0 Å². The van der Waals surface area contributed by atoms with Gasteiger partial charge in [-0.2, -0.15) is 11.3 Å². The van der Waals surface area contributed by atoms with Crippen LogP contribution in [-0.4, -0.2) is 30.4 Å². The quantitative estimate of drug-likeness (QED) is 0.756. The second-order valence-electron chi connectivity index (χ2n) is 6.28. The third-order valence-electron chi connectivity index (χ3n) is 4.53. The fraction of sp³-hybridized carbons (Fsp3) is 0.765. The lowest BCUT2D eigenvalue weighted by Crippen LogP contribution is -2.37. The van der Waals surface area contributed by atoms with Crippen LogP contribution in [-0.2, 0) is 25.6 Å². The van der Waals surface area contributed by atoms with Crippen LogP contribution in [0.3, 0.4) is 0 Å². The van der Waals surface area contributed by atoms with Gasteiger partial charge in [0.25, 0.3) is 0 Å². The van der Waals surface area contributed by atoms with E-state index in [0.29, 0.717) is 6.61 Å². The van der Waals surface area contributed by atoms with E-state index in [-0.39, 0.29) is 24.6 Å². The van der Waals surface area contributed by atoms with Crippen molar-refractivity contribution in [2.24, 2.45) is 0 Å². The lowest BCUT2D eigenvalue weighted by Gasteiger charge is -2.27. The summed E-state index contributed by atoms with van der Waals surface area (Å²) < 4.78 is 24.4. The van der Waals surface area contributed by atoms with Gasteiger partial charge < -0.3 is 18.9 Å². The van der Waals surface area contributed by atoms with Gasteiger partial charge in [0.05, 0.1) is 12.7 Å². The van der Waals surface area contributed by atoms with E-state index in [9.17, 15) is 0 Å². The fourth-order valence-electron chi connectivity index (χ4n) is 3.05. The molecule has 5 atom stereocenters. The second-order valence-corrected chi connectivity index (χ2v) is 7.06. The molecule has 1 aromatic heterocycles. The van der Waals surface area contributed by atoms with Crippen LogP contribution in [0.5, 0.6) is 0 Å². The number of ether oxygens (including phenoxy) is 4. The zero-order chi connectivity index (χ0) is 15.6. The van der Waals surface area contributed by atoms with Crippen molar-refractivity contribution in [1.82, 2.24) is 0 Å². The van der Waals surface area contributed by atoms with Crippen molar-refractivity contribution in [3.05, 3.63) is 22.4 Å². The van der Waals surface area contributed by atoms with Gasteiger partial charge in [-0.25, -0.2) is 0 Å². The molecular weight excluding hydrogens is 300 g/mol. The van der Waals surface area contributed by atoms with Crippen molar-refractivity contribution < 1.29 is 18.9 Å². The number of hydrogen-bond acceptors (Lipinski definition) is 5. The molecule has 22 heavy (non-hydrogen) atoms. The Morgan fingerprint density at radius 2 is 2.18 bits per heavy atom. The van der Waals surface area contributed by atoms with E-state index in [1.807, 2.05) is 6.92 Å². The topological polar surface area (TPSA) is 36.9 Å². The van der Waals surface area contributed by atoms with Crippen LogP contribution >= 0.6 is 11.3 Å². The molecule has 0 radical (unpaired) electrons. The Bertz CT molecular complexity index is 463. The van der Waals surface area contributed by atoms with Crippen LogP contribution in [0.2, 0.25) is 0 Å². The maximum Gasteiger partial charge on any atom is 0.190 e. The predicted octanol–water partition coefficient (Wildman–Crippen LogP) is 4.09. The van der Waals surface area contributed by atoms with E-state index >= 15 is 0 Å². The molecule has 124 valence electrons. The van der Waals surface area contributed by atoms with Crippen molar-refractivity contribution in [2.45, 2.75) is 83.5 Å². The minimum absolute atomic E-state index is 0.0511. The molecule has 2 aliphatic rings. The summed E-state index contributed by atoms with van der Waals surface area (Å²) in [6.07, 6.45) is 3.69. The third-order valence-corrected chi connectivity index (χ3v) is 5.26. The third kappa shape index (κ3) is 3.39. The van der Waals surface area contributed by atoms with Crippen molar-refractivity contribution >= 4 is 11.3 Å². The standard InChI is InChI=1S/C17H26O4S/c1-4-6-7-13-14(18-10-12-8-9-22-11-12)15-16(19-13)21-17(3,5-2)20-15/h8-9,11,13-16H,4-7,10H2,1-3H3/t13-,14+,15-,16-,17?/m1/s1. The molecule has 3 rings (SSSR count). The van der Waals surface area contributed by atoms with Crippen molar-refractivity contribution in [3.8, 4) is 0 Å². The summed E-state index contributed by atoms with van der Waals surface area (Å²) in [7, 11) is 0. The molecule has 2 fully saturated rings. The highest BCUT2D eigenvalue weighted by Gasteiger charge is 2.55. The minimum atomic E-state index is -0.547. The van der Waals surface area contributed by atoms with E-state index in [4.69, 9.17) is 18.9 Å². The maximum atomic E-state index is 6.19. The molecule has 4 nitrogen and oxygen atoms in total. The van der Waals surface area contributed by atoms with Crippen molar-refractivity contribution in [1.29, 1.82) is 0 Å². The number of fused-ring (bicyclic) bond motifs is 1. The summed E-state index contributed by atoms with van der Waals surface area (Å²) in [6.45, 7) is 6.84. The molecule has 3 heterocycles. The molecule has 0 aromatic carbocycles. The molecule has 2 aliphatic heterocycles. The Kier molecular flexibility index (Phi) is 5.20. The van der Waals surface area contributed by atoms with Crippen LogP contribution in [0.1, 0.15) is 52.0 Å².